The van der Waals surface area contributed by atoms with E-state index in [-0.39, 0.29) is 11.9 Å². The van der Waals surface area contributed by atoms with Crippen LogP contribution in [0.4, 0.5) is 4.39 Å². The van der Waals surface area contributed by atoms with E-state index in [2.05, 4.69) is 36.5 Å². The van der Waals surface area contributed by atoms with Gasteiger partial charge in [0.1, 0.15) is 17.7 Å². The molecule has 0 aromatic heterocycles. The monoisotopic (exact) mass is 285 g/mol. The molecule has 2 nitrogen and oxygen atoms in total. The molecule has 21 heavy (non-hydrogen) atoms. The highest BCUT2D eigenvalue weighted by atomic mass is 19.1. The molecule has 2 aromatic carbocycles. The SMILES string of the molecule is CCc1ccccc1CNCC1Cc2cc(F)ccc2O1. The Morgan fingerprint density at radius 1 is 1.19 bits per heavy atom. The highest BCUT2D eigenvalue weighted by molar-refractivity contribution is 5.38. The molecule has 1 unspecified atom stereocenters. The van der Waals surface area contributed by atoms with Crippen molar-refractivity contribution in [1.29, 1.82) is 0 Å². The van der Waals surface area contributed by atoms with Crippen LogP contribution in [0.1, 0.15) is 23.6 Å². The standard InChI is InChI=1S/C18H20FNO/c1-2-13-5-3-4-6-14(13)11-20-12-17-10-15-9-16(19)7-8-18(15)21-17/h3-9,17,20H,2,10-12H2,1H3. The van der Waals surface area contributed by atoms with E-state index in [1.807, 2.05) is 0 Å². The molecule has 0 saturated carbocycles. The van der Waals surface area contributed by atoms with Crippen molar-refractivity contribution in [3.05, 3.63) is 65.0 Å². The Bertz CT molecular complexity index is 626. The van der Waals surface area contributed by atoms with Gasteiger partial charge in [0, 0.05) is 25.1 Å². The lowest BCUT2D eigenvalue weighted by molar-refractivity contribution is 0.227. The zero-order valence-corrected chi connectivity index (χ0v) is 12.2. The van der Waals surface area contributed by atoms with E-state index in [9.17, 15) is 4.39 Å². The van der Waals surface area contributed by atoms with E-state index in [1.165, 1.54) is 17.2 Å². The van der Waals surface area contributed by atoms with Crippen molar-refractivity contribution in [1.82, 2.24) is 5.32 Å². The van der Waals surface area contributed by atoms with Crippen LogP contribution < -0.4 is 10.1 Å². The van der Waals surface area contributed by atoms with E-state index >= 15 is 0 Å². The minimum Gasteiger partial charge on any atom is -0.488 e. The number of hydrogen-bond donors (Lipinski definition) is 1. The molecule has 1 aliphatic rings. The van der Waals surface area contributed by atoms with Gasteiger partial charge in [-0.1, -0.05) is 31.2 Å². The summed E-state index contributed by atoms with van der Waals surface area (Å²) in [5.41, 5.74) is 3.68. The third-order valence-electron chi connectivity index (χ3n) is 3.95. The number of hydrogen-bond acceptors (Lipinski definition) is 2. The molecule has 0 bridgehead atoms. The summed E-state index contributed by atoms with van der Waals surface area (Å²) >= 11 is 0. The predicted molar refractivity (Wildman–Crippen MR) is 82.0 cm³/mol. The number of ether oxygens (including phenoxy) is 1. The third-order valence-corrected chi connectivity index (χ3v) is 3.95. The van der Waals surface area contributed by atoms with Crippen LogP contribution in [-0.4, -0.2) is 12.6 Å². The van der Waals surface area contributed by atoms with Crippen LogP contribution in [0.25, 0.3) is 0 Å². The van der Waals surface area contributed by atoms with Crippen LogP contribution in [-0.2, 0) is 19.4 Å². The fraction of sp³-hybridized carbons (Fsp3) is 0.333. The van der Waals surface area contributed by atoms with E-state index in [4.69, 9.17) is 4.74 Å². The topological polar surface area (TPSA) is 21.3 Å². The van der Waals surface area contributed by atoms with Crippen molar-refractivity contribution >= 4 is 0 Å². The van der Waals surface area contributed by atoms with Crippen molar-refractivity contribution in [3.63, 3.8) is 0 Å². The van der Waals surface area contributed by atoms with E-state index in [1.54, 1.807) is 12.1 Å². The van der Waals surface area contributed by atoms with E-state index < -0.39 is 0 Å². The first-order chi connectivity index (χ1) is 10.3. The second kappa shape index (κ2) is 6.27. The van der Waals surface area contributed by atoms with Gasteiger partial charge in [-0.25, -0.2) is 4.39 Å². The van der Waals surface area contributed by atoms with Crippen LogP contribution in [0.15, 0.2) is 42.5 Å². The van der Waals surface area contributed by atoms with Gasteiger partial charge in [0.15, 0.2) is 0 Å². The highest BCUT2D eigenvalue weighted by Gasteiger charge is 2.22. The lowest BCUT2D eigenvalue weighted by Gasteiger charge is -2.13. The highest BCUT2D eigenvalue weighted by Crippen LogP contribution is 2.28. The van der Waals surface area contributed by atoms with Gasteiger partial charge in [0.05, 0.1) is 0 Å². The molecule has 110 valence electrons. The fourth-order valence-corrected chi connectivity index (χ4v) is 2.85. The average molecular weight is 285 g/mol. The third kappa shape index (κ3) is 3.24. The maximum absolute atomic E-state index is 13.2. The molecule has 0 fully saturated rings. The number of rotatable bonds is 5. The Balaban J connectivity index is 1.53. The van der Waals surface area contributed by atoms with Crippen molar-refractivity contribution in [2.24, 2.45) is 0 Å². The largest absolute Gasteiger partial charge is 0.488 e. The van der Waals surface area contributed by atoms with Gasteiger partial charge in [-0.3, -0.25) is 0 Å². The molecule has 0 aliphatic carbocycles. The van der Waals surface area contributed by atoms with Gasteiger partial charge in [-0.2, -0.15) is 0 Å². The Morgan fingerprint density at radius 3 is 2.81 bits per heavy atom. The Labute approximate surface area is 125 Å². The van der Waals surface area contributed by atoms with Gasteiger partial charge < -0.3 is 10.1 Å². The Hall–Kier alpha value is -1.87. The van der Waals surface area contributed by atoms with Gasteiger partial charge in [-0.15, -0.1) is 0 Å². The number of halogens is 1. The summed E-state index contributed by atoms with van der Waals surface area (Å²) in [5.74, 6) is 0.625. The zero-order chi connectivity index (χ0) is 14.7. The number of nitrogens with one attached hydrogen (secondary N) is 1. The number of fused-ring (bicyclic) bond motifs is 1. The lowest BCUT2D eigenvalue weighted by atomic mass is 10.1. The van der Waals surface area contributed by atoms with Gasteiger partial charge in [-0.05, 0) is 35.7 Å². The number of benzene rings is 2. The summed E-state index contributed by atoms with van der Waals surface area (Å²) in [7, 11) is 0. The molecule has 1 heterocycles. The van der Waals surface area contributed by atoms with Crippen molar-refractivity contribution in [3.8, 4) is 5.75 Å². The maximum Gasteiger partial charge on any atom is 0.123 e. The summed E-state index contributed by atoms with van der Waals surface area (Å²) < 4.78 is 19.0. The van der Waals surface area contributed by atoms with Gasteiger partial charge in [0.25, 0.3) is 0 Å². The molecule has 0 amide bonds. The first-order valence-electron chi connectivity index (χ1n) is 7.49. The average Bonchev–Trinajstić information content (AvgIpc) is 2.89. The van der Waals surface area contributed by atoms with Gasteiger partial charge in [0.2, 0.25) is 0 Å². The molecule has 1 atom stereocenters. The minimum atomic E-state index is -0.192. The first-order valence-corrected chi connectivity index (χ1v) is 7.49. The second-order valence-electron chi connectivity index (χ2n) is 5.45. The van der Waals surface area contributed by atoms with Crippen molar-refractivity contribution in [2.45, 2.75) is 32.4 Å². The molecule has 3 heteroatoms. The van der Waals surface area contributed by atoms with Crippen molar-refractivity contribution in [2.75, 3.05) is 6.54 Å². The molecule has 1 N–H and O–H groups in total. The zero-order valence-electron chi connectivity index (χ0n) is 12.2. The molecular formula is C18H20FNO. The van der Waals surface area contributed by atoms with Crippen LogP contribution in [0.2, 0.25) is 0 Å². The summed E-state index contributed by atoms with van der Waals surface area (Å²) in [6.07, 6.45) is 1.91. The van der Waals surface area contributed by atoms with Crippen LogP contribution in [0, 0.1) is 5.82 Å². The van der Waals surface area contributed by atoms with E-state index in [0.29, 0.717) is 0 Å². The summed E-state index contributed by atoms with van der Waals surface area (Å²) in [4.78, 5) is 0. The normalized spacial score (nSPS) is 16.6. The van der Waals surface area contributed by atoms with Gasteiger partial charge >= 0.3 is 0 Å². The predicted octanol–water partition coefficient (Wildman–Crippen LogP) is 3.48. The first kappa shape index (κ1) is 14.1. The quantitative estimate of drug-likeness (QED) is 0.908. The molecule has 0 spiro atoms. The molecule has 1 aliphatic heterocycles. The molecule has 0 radical (unpaired) electrons. The molecular weight excluding hydrogens is 265 g/mol. The van der Waals surface area contributed by atoms with Crippen LogP contribution >= 0.6 is 0 Å². The van der Waals surface area contributed by atoms with Crippen molar-refractivity contribution < 1.29 is 9.13 Å². The molecule has 2 aromatic rings. The summed E-state index contributed by atoms with van der Waals surface area (Å²) in [6.45, 7) is 3.78. The van der Waals surface area contributed by atoms with Crippen LogP contribution in [0.3, 0.4) is 0 Å². The molecule has 3 rings (SSSR count). The maximum atomic E-state index is 13.2. The summed E-state index contributed by atoms with van der Waals surface area (Å²) in [6, 6.07) is 13.2. The van der Waals surface area contributed by atoms with E-state index in [0.717, 1.165) is 37.2 Å². The smallest absolute Gasteiger partial charge is 0.123 e. The Kier molecular flexibility index (Phi) is 4.20. The minimum absolute atomic E-state index is 0.0931. The Morgan fingerprint density at radius 2 is 2.00 bits per heavy atom. The van der Waals surface area contributed by atoms with Crippen LogP contribution in [0.5, 0.6) is 5.75 Å². The fourth-order valence-electron chi connectivity index (χ4n) is 2.85. The summed E-state index contributed by atoms with van der Waals surface area (Å²) in [5, 5.41) is 3.45. The second-order valence-corrected chi connectivity index (χ2v) is 5.45. The number of aryl methyl sites for hydroxylation is 1. The molecule has 0 saturated heterocycles. The lowest BCUT2D eigenvalue weighted by Crippen LogP contribution is -2.29.